The Bertz CT molecular complexity index is 1940. The van der Waals surface area contributed by atoms with Gasteiger partial charge in [-0.2, -0.15) is 0 Å². The number of fused-ring (bicyclic) bond motifs is 1. The Morgan fingerprint density at radius 1 is 1.10 bits per heavy atom. The van der Waals surface area contributed by atoms with E-state index in [9.17, 15) is 9.59 Å². The highest BCUT2D eigenvalue weighted by atomic mass is 79.9. The van der Waals surface area contributed by atoms with Gasteiger partial charge in [0.05, 0.1) is 32.9 Å². The van der Waals surface area contributed by atoms with Crippen molar-refractivity contribution in [3.8, 4) is 0 Å². The Kier molecular flexibility index (Phi) is 7.82. The quantitative estimate of drug-likeness (QED) is 0.177. The molecule has 2 aromatic carbocycles. The van der Waals surface area contributed by atoms with E-state index in [1.165, 1.54) is 23.1 Å². The number of halogens is 1. The van der Waals surface area contributed by atoms with Crippen molar-refractivity contribution >= 4 is 56.8 Å². The molecule has 5 aromatic rings. The number of benzene rings is 2. The molecular formula is C30H21BrN4O4S2. The van der Waals surface area contributed by atoms with Crippen LogP contribution in [0, 0.1) is 0 Å². The fraction of sp³-hybridized carbons (Fsp3) is 0.100. The first-order chi connectivity index (χ1) is 20.0. The molecule has 0 aliphatic carbocycles. The summed E-state index contributed by atoms with van der Waals surface area (Å²) in [5, 5.41) is 1.10. The SMILES string of the molecule is CCOC(=O)C1=C(c2ccccc2)N=c2s/c(=C/c3cc(Br)c(Sc4ncccn4)o3)c(=O)n2[C@@H]1c1ccccc1. The van der Waals surface area contributed by atoms with E-state index in [2.05, 4.69) is 25.9 Å². The third kappa shape index (κ3) is 5.48. The molecule has 41 heavy (non-hydrogen) atoms. The van der Waals surface area contributed by atoms with Crippen molar-refractivity contribution in [1.82, 2.24) is 14.5 Å². The number of nitrogens with zero attached hydrogens (tertiary/aromatic N) is 4. The first kappa shape index (κ1) is 27.1. The molecule has 0 radical (unpaired) electrons. The number of ether oxygens (including phenoxy) is 1. The maximum absolute atomic E-state index is 14.0. The number of hydrogen-bond donors (Lipinski definition) is 0. The number of carbonyl (C=O) groups is 1. The zero-order valence-corrected chi connectivity index (χ0v) is 24.8. The Morgan fingerprint density at radius 3 is 2.51 bits per heavy atom. The third-order valence-electron chi connectivity index (χ3n) is 6.16. The van der Waals surface area contributed by atoms with Crippen LogP contribution in [0.3, 0.4) is 0 Å². The number of hydrogen-bond acceptors (Lipinski definition) is 9. The van der Waals surface area contributed by atoms with Gasteiger partial charge >= 0.3 is 5.97 Å². The lowest BCUT2D eigenvalue weighted by molar-refractivity contribution is -0.138. The van der Waals surface area contributed by atoms with Crippen LogP contribution >= 0.6 is 39.0 Å². The van der Waals surface area contributed by atoms with E-state index >= 15 is 0 Å². The van der Waals surface area contributed by atoms with Crippen LogP contribution in [0.25, 0.3) is 11.8 Å². The van der Waals surface area contributed by atoms with E-state index in [-0.39, 0.29) is 12.2 Å². The molecule has 0 N–H and O–H groups in total. The van der Waals surface area contributed by atoms with Crippen LogP contribution in [0.1, 0.15) is 29.9 Å². The van der Waals surface area contributed by atoms with E-state index < -0.39 is 12.0 Å². The molecule has 1 atom stereocenters. The van der Waals surface area contributed by atoms with Crippen LogP contribution < -0.4 is 14.9 Å². The number of aromatic nitrogens is 3. The van der Waals surface area contributed by atoms with Gasteiger partial charge in [-0.3, -0.25) is 9.36 Å². The Labute approximate surface area is 250 Å². The number of rotatable bonds is 7. The normalized spacial score (nSPS) is 15.0. The molecule has 204 valence electrons. The topological polar surface area (TPSA) is 99.6 Å². The summed E-state index contributed by atoms with van der Waals surface area (Å²) in [5.41, 5.74) is 2.03. The molecule has 4 heterocycles. The Balaban J connectivity index is 1.53. The smallest absolute Gasteiger partial charge is 0.338 e. The average molecular weight is 646 g/mol. The molecule has 0 spiro atoms. The summed E-state index contributed by atoms with van der Waals surface area (Å²) in [4.78, 5) is 41.2. The van der Waals surface area contributed by atoms with Gasteiger partial charge in [-0.05, 0) is 52.3 Å². The van der Waals surface area contributed by atoms with Crippen LogP contribution in [0.4, 0.5) is 0 Å². The molecule has 0 amide bonds. The average Bonchev–Trinajstić information content (AvgIpc) is 3.50. The van der Waals surface area contributed by atoms with Crippen LogP contribution in [-0.2, 0) is 9.53 Å². The minimum atomic E-state index is -0.728. The van der Waals surface area contributed by atoms with Crippen molar-refractivity contribution in [3.05, 3.63) is 132 Å². The van der Waals surface area contributed by atoms with Crippen LogP contribution in [0.2, 0.25) is 0 Å². The minimum absolute atomic E-state index is 0.193. The second kappa shape index (κ2) is 11.8. The molecule has 0 saturated carbocycles. The van der Waals surface area contributed by atoms with Gasteiger partial charge in [0.15, 0.2) is 15.1 Å². The van der Waals surface area contributed by atoms with Crippen molar-refractivity contribution in [2.24, 2.45) is 4.99 Å². The first-order valence-corrected chi connectivity index (χ1v) is 15.0. The van der Waals surface area contributed by atoms with E-state index in [4.69, 9.17) is 14.1 Å². The second-order valence-corrected chi connectivity index (χ2v) is 11.6. The highest BCUT2D eigenvalue weighted by molar-refractivity contribution is 9.10. The number of carbonyl (C=O) groups excluding carboxylic acids is 1. The number of esters is 1. The molecule has 0 unspecified atom stereocenters. The highest BCUT2D eigenvalue weighted by Gasteiger charge is 2.35. The summed E-state index contributed by atoms with van der Waals surface area (Å²) in [6, 6.07) is 21.7. The maximum atomic E-state index is 14.0. The molecule has 0 saturated heterocycles. The van der Waals surface area contributed by atoms with Crippen LogP contribution in [-0.4, -0.2) is 27.1 Å². The summed E-state index contributed by atoms with van der Waals surface area (Å²) in [6.07, 6.45) is 5.00. The van der Waals surface area contributed by atoms with Crippen molar-refractivity contribution < 1.29 is 13.9 Å². The zero-order chi connectivity index (χ0) is 28.3. The van der Waals surface area contributed by atoms with Crippen molar-refractivity contribution in [3.63, 3.8) is 0 Å². The summed E-state index contributed by atoms with van der Waals surface area (Å²) in [7, 11) is 0. The predicted molar refractivity (Wildman–Crippen MR) is 160 cm³/mol. The van der Waals surface area contributed by atoms with E-state index in [1.807, 2.05) is 60.7 Å². The highest BCUT2D eigenvalue weighted by Crippen LogP contribution is 2.36. The summed E-state index contributed by atoms with van der Waals surface area (Å²) >= 11 is 6.03. The lowest BCUT2D eigenvalue weighted by Gasteiger charge is -2.25. The van der Waals surface area contributed by atoms with Gasteiger partial charge in [0.1, 0.15) is 5.76 Å². The molecular weight excluding hydrogens is 624 g/mol. The van der Waals surface area contributed by atoms with Crippen molar-refractivity contribution in [2.45, 2.75) is 23.2 Å². The second-order valence-electron chi connectivity index (χ2n) is 8.76. The maximum Gasteiger partial charge on any atom is 0.338 e. The monoisotopic (exact) mass is 644 g/mol. The number of thiazole rings is 1. The summed E-state index contributed by atoms with van der Waals surface area (Å²) in [5.74, 6) is -0.0391. The fourth-order valence-corrected chi connectivity index (χ4v) is 6.67. The van der Waals surface area contributed by atoms with E-state index in [1.54, 1.807) is 42.1 Å². The molecule has 8 nitrogen and oxygen atoms in total. The summed E-state index contributed by atoms with van der Waals surface area (Å²) in [6.45, 7) is 1.95. The number of furan rings is 1. The van der Waals surface area contributed by atoms with Crippen molar-refractivity contribution in [2.75, 3.05) is 6.61 Å². The Morgan fingerprint density at radius 2 is 1.80 bits per heavy atom. The zero-order valence-electron chi connectivity index (χ0n) is 21.6. The van der Waals surface area contributed by atoms with Gasteiger partial charge in [-0.15, -0.1) is 0 Å². The largest absolute Gasteiger partial charge is 0.463 e. The molecule has 0 fully saturated rings. The summed E-state index contributed by atoms with van der Waals surface area (Å²) < 4.78 is 14.2. The standard InChI is InChI=1S/C30H21BrN4O4S2/c1-2-38-27(37)23-24(18-10-5-3-6-11-18)34-30-35(25(23)19-12-7-4-8-13-19)26(36)22(40-30)17-20-16-21(31)28(39-20)41-29-32-14-9-15-33-29/h3-17,25H,2H2,1H3/b22-17+/t25-/m1/s1. The molecule has 6 rings (SSSR count). The van der Waals surface area contributed by atoms with E-state index in [0.717, 1.165) is 11.1 Å². The lowest BCUT2D eigenvalue weighted by atomic mass is 9.93. The van der Waals surface area contributed by atoms with Gasteiger partial charge in [0, 0.05) is 24.0 Å². The Hall–Kier alpha value is -4.06. The molecule has 11 heteroatoms. The molecule has 1 aliphatic rings. The van der Waals surface area contributed by atoms with Gasteiger partial charge in [0.2, 0.25) is 0 Å². The lowest BCUT2D eigenvalue weighted by Crippen LogP contribution is -2.39. The molecule has 1 aliphatic heterocycles. The van der Waals surface area contributed by atoms with Gasteiger partial charge in [0.25, 0.3) is 5.56 Å². The van der Waals surface area contributed by atoms with Crippen LogP contribution in [0.15, 0.2) is 120 Å². The van der Waals surface area contributed by atoms with Crippen LogP contribution in [0.5, 0.6) is 0 Å². The molecule has 0 bridgehead atoms. The third-order valence-corrected chi connectivity index (χ3v) is 8.88. The van der Waals surface area contributed by atoms with Gasteiger partial charge in [-0.25, -0.2) is 19.8 Å². The van der Waals surface area contributed by atoms with E-state index in [0.29, 0.717) is 41.1 Å². The minimum Gasteiger partial charge on any atom is -0.463 e. The van der Waals surface area contributed by atoms with Gasteiger partial charge < -0.3 is 9.15 Å². The fourth-order valence-electron chi connectivity index (χ4n) is 4.45. The molecule has 3 aromatic heterocycles. The first-order valence-electron chi connectivity index (χ1n) is 12.6. The van der Waals surface area contributed by atoms with Gasteiger partial charge in [-0.1, -0.05) is 72.0 Å². The predicted octanol–water partition coefficient (Wildman–Crippen LogP) is 5.23. The van der Waals surface area contributed by atoms with Crippen molar-refractivity contribution in [1.29, 1.82) is 0 Å².